The Morgan fingerprint density at radius 1 is 0.923 bits per heavy atom. The number of pyridine rings is 1. The molecule has 0 radical (unpaired) electrons. The zero-order valence-corrected chi connectivity index (χ0v) is 14.8. The Morgan fingerprint density at radius 2 is 1.73 bits per heavy atom. The zero-order valence-electron chi connectivity index (χ0n) is 14.1. The SMILES string of the molecule is Cc1nn2c(-c3ccccc3)cc(Cl)cc2c1-c1ccc2c(c1)OCO2. The van der Waals surface area contributed by atoms with Crippen molar-refractivity contribution in [2.45, 2.75) is 6.92 Å². The Bertz CT molecular complexity index is 1140. The Labute approximate surface area is 155 Å². The van der Waals surface area contributed by atoms with Gasteiger partial charge < -0.3 is 9.47 Å². The van der Waals surface area contributed by atoms with Gasteiger partial charge in [0.05, 0.1) is 16.9 Å². The number of benzene rings is 2. The fourth-order valence-corrected chi connectivity index (χ4v) is 3.66. The van der Waals surface area contributed by atoms with Crippen molar-refractivity contribution < 1.29 is 9.47 Å². The van der Waals surface area contributed by atoms with Crippen LogP contribution in [0.1, 0.15) is 5.69 Å². The molecule has 5 rings (SSSR count). The van der Waals surface area contributed by atoms with Crippen molar-refractivity contribution in [3.05, 3.63) is 71.4 Å². The molecule has 4 aromatic rings. The van der Waals surface area contributed by atoms with Crippen LogP contribution >= 0.6 is 11.6 Å². The molecule has 3 heterocycles. The molecule has 0 N–H and O–H groups in total. The maximum Gasteiger partial charge on any atom is 0.231 e. The van der Waals surface area contributed by atoms with Gasteiger partial charge in [0, 0.05) is 16.1 Å². The number of aromatic nitrogens is 2. The summed E-state index contributed by atoms with van der Waals surface area (Å²) in [4.78, 5) is 0. The van der Waals surface area contributed by atoms with Gasteiger partial charge in [-0.05, 0) is 36.8 Å². The first-order chi connectivity index (χ1) is 12.7. The molecule has 26 heavy (non-hydrogen) atoms. The average Bonchev–Trinajstić information content (AvgIpc) is 3.24. The highest BCUT2D eigenvalue weighted by molar-refractivity contribution is 6.31. The number of fused-ring (bicyclic) bond motifs is 2. The Balaban J connectivity index is 1.77. The topological polar surface area (TPSA) is 35.8 Å². The van der Waals surface area contributed by atoms with Crippen LogP contribution in [0.5, 0.6) is 11.5 Å². The van der Waals surface area contributed by atoms with E-state index in [0.29, 0.717) is 5.02 Å². The van der Waals surface area contributed by atoms with Crippen molar-refractivity contribution in [3.63, 3.8) is 0 Å². The van der Waals surface area contributed by atoms with Crippen LogP contribution in [0.15, 0.2) is 60.7 Å². The molecule has 0 saturated carbocycles. The van der Waals surface area contributed by atoms with Crippen LogP contribution in [0.4, 0.5) is 0 Å². The second kappa shape index (κ2) is 5.78. The maximum absolute atomic E-state index is 6.45. The van der Waals surface area contributed by atoms with Gasteiger partial charge in [0.15, 0.2) is 11.5 Å². The van der Waals surface area contributed by atoms with Gasteiger partial charge in [0.25, 0.3) is 0 Å². The molecule has 0 aliphatic carbocycles. The van der Waals surface area contributed by atoms with E-state index in [9.17, 15) is 0 Å². The average molecular weight is 363 g/mol. The number of hydrogen-bond donors (Lipinski definition) is 0. The lowest BCUT2D eigenvalue weighted by Gasteiger charge is -2.08. The van der Waals surface area contributed by atoms with Gasteiger partial charge in [-0.15, -0.1) is 0 Å². The van der Waals surface area contributed by atoms with Crippen molar-refractivity contribution in [2.75, 3.05) is 6.79 Å². The quantitative estimate of drug-likeness (QED) is 0.481. The summed E-state index contributed by atoms with van der Waals surface area (Å²) in [6.07, 6.45) is 0. The third-order valence-corrected chi connectivity index (χ3v) is 4.82. The minimum absolute atomic E-state index is 0.260. The van der Waals surface area contributed by atoms with E-state index in [0.717, 1.165) is 45.1 Å². The summed E-state index contributed by atoms with van der Waals surface area (Å²) < 4.78 is 12.9. The van der Waals surface area contributed by atoms with Gasteiger partial charge >= 0.3 is 0 Å². The first kappa shape index (κ1) is 15.3. The molecular weight excluding hydrogens is 348 g/mol. The maximum atomic E-state index is 6.45. The van der Waals surface area contributed by atoms with Crippen LogP contribution in [-0.2, 0) is 0 Å². The molecule has 0 atom stereocenters. The fraction of sp³-hybridized carbons (Fsp3) is 0.0952. The van der Waals surface area contributed by atoms with Gasteiger partial charge in [0.1, 0.15) is 0 Å². The number of rotatable bonds is 2. The highest BCUT2D eigenvalue weighted by Gasteiger charge is 2.19. The molecule has 128 valence electrons. The van der Waals surface area contributed by atoms with E-state index < -0.39 is 0 Å². The van der Waals surface area contributed by atoms with Gasteiger partial charge in [-0.1, -0.05) is 48.0 Å². The van der Waals surface area contributed by atoms with E-state index in [4.69, 9.17) is 26.2 Å². The first-order valence-electron chi connectivity index (χ1n) is 8.35. The van der Waals surface area contributed by atoms with Crippen LogP contribution < -0.4 is 9.47 Å². The van der Waals surface area contributed by atoms with Crippen LogP contribution in [0, 0.1) is 6.92 Å². The van der Waals surface area contributed by atoms with E-state index >= 15 is 0 Å². The van der Waals surface area contributed by atoms with E-state index in [1.54, 1.807) is 0 Å². The predicted molar refractivity (Wildman–Crippen MR) is 102 cm³/mol. The van der Waals surface area contributed by atoms with Crippen molar-refractivity contribution in [1.82, 2.24) is 9.61 Å². The zero-order chi connectivity index (χ0) is 17.7. The summed E-state index contributed by atoms with van der Waals surface area (Å²) in [6, 6.07) is 20.0. The molecule has 0 bridgehead atoms. The lowest BCUT2D eigenvalue weighted by molar-refractivity contribution is 0.174. The molecule has 5 heteroatoms. The molecule has 0 unspecified atom stereocenters. The van der Waals surface area contributed by atoms with Gasteiger partial charge in [-0.25, -0.2) is 4.52 Å². The lowest BCUT2D eigenvalue weighted by atomic mass is 10.0. The fourth-order valence-electron chi connectivity index (χ4n) is 3.45. The van der Waals surface area contributed by atoms with Crippen molar-refractivity contribution in [1.29, 1.82) is 0 Å². The number of ether oxygens (including phenoxy) is 2. The van der Waals surface area contributed by atoms with E-state index in [1.165, 1.54) is 0 Å². The minimum atomic E-state index is 0.260. The Kier molecular flexibility index (Phi) is 3.40. The molecule has 2 aromatic carbocycles. The molecule has 0 amide bonds. The number of nitrogens with zero attached hydrogens (tertiary/aromatic N) is 2. The summed E-state index contributed by atoms with van der Waals surface area (Å²) in [5.41, 5.74) is 6.00. The van der Waals surface area contributed by atoms with Crippen molar-refractivity contribution in [2.24, 2.45) is 0 Å². The molecule has 1 aliphatic rings. The predicted octanol–water partition coefficient (Wildman–Crippen LogP) is 5.36. The summed E-state index contributed by atoms with van der Waals surface area (Å²) in [7, 11) is 0. The van der Waals surface area contributed by atoms with Crippen LogP contribution in [0.25, 0.3) is 27.9 Å². The largest absolute Gasteiger partial charge is 0.454 e. The van der Waals surface area contributed by atoms with Crippen LogP contribution in [0.2, 0.25) is 5.02 Å². The number of halogens is 1. The van der Waals surface area contributed by atoms with Crippen molar-refractivity contribution >= 4 is 17.1 Å². The van der Waals surface area contributed by atoms with Crippen LogP contribution in [0.3, 0.4) is 0 Å². The molecule has 0 spiro atoms. The summed E-state index contributed by atoms with van der Waals surface area (Å²) in [5, 5.41) is 5.47. The highest BCUT2D eigenvalue weighted by Crippen LogP contribution is 2.39. The highest BCUT2D eigenvalue weighted by atomic mass is 35.5. The molecular formula is C21H15ClN2O2. The Morgan fingerprint density at radius 3 is 2.58 bits per heavy atom. The van der Waals surface area contributed by atoms with E-state index in [2.05, 4.69) is 12.1 Å². The second-order valence-electron chi connectivity index (χ2n) is 6.25. The first-order valence-corrected chi connectivity index (χ1v) is 8.73. The molecule has 4 nitrogen and oxygen atoms in total. The minimum Gasteiger partial charge on any atom is -0.454 e. The van der Waals surface area contributed by atoms with E-state index in [1.807, 2.05) is 60.0 Å². The Hall–Kier alpha value is -2.98. The second-order valence-corrected chi connectivity index (χ2v) is 6.69. The normalized spacial score (nSPS) is 12.7. The summed E-state index contributed by atoms with van der Waals surface area (Å²) >= 11 is 6.45. The number of hydrogen-bond acceptors (Lipinski definition) is 3. The molecule has 2 aromatic heterocycles. The lowest BCUT2D eigenvalue weighted by Crippen LogP contribution is -1.94. The summed E-state index contributed by atoms with van der Waals surface area (Å²) in [6.45, 7) is 2.27. The van der Waals surface area contributed by atoms with Gasteiger partial charge in [0.2, 0.25) is 6.79 Å². The standard InChI is InChI=1S/C21H15ClN2O2/c1-13-21(15-7-8-19-20(9-15)26-12-25-19)18-11-16(22)10-17(24(18)23-13)14-5-3-2-4-6-14/h2-11H,12H2,1H3. The summed E-state index contributed by atoms with van der Waals surface area (Å²) in [5.74, 6) is 1.53. The molecule has 0 saturated heterocycles. The third-order valence-electron chi connectivity index (χ3n) is 4.60. The monoisotopic (exact) mass is 362 g/mol. The van der Waals surface area contributed by atoms with E-state index in [-0.39, 0.29) is 6.79 Å². The smallest absolute Gasteiger partial charge is 0.231 e. The molecule has 0 fully saturated rings. The van der Waals surface area contributed by atoms with Crippen LogP contribution in [-0.4, -0.2) is 16.4 Å². The van der Waals surface area contributed by atoms with Crippen molar-refractivity contribution in [3.8, 4) is 33.9 Å². The van der Waals surface area contributed by atoms with Gasteiger partial charge in [-0.3, -0.25) is 0 Å². The van der Waals surface area contributed by atoms with Gasteiger partial charge in [-0.2, -0.15) is 5.10 Å². The molecule has 1 aliphatic heterocycles. The number of aryl methyl sites for hydroxylation is 1. The third kappa shape index (κ3) is 2.34.